The van der Waals surface area contributed by atoms with Crippen molar-refractivity contribution in [2.75, 3.05) is 0 Å². The maximum Gasteiger partial charge on any atom is 0.162 e. The number of fused-ring (bicyclic) bond motifs is 1. The van der Waals surface area contributed by atoms with Crippen molar-refractivity contribution in [3.05, 3.63) is 42.5 Å². The number of benzene rings is 1. The van der Waals surface area contributed by atoms with E-state index in [2.05, 4.69) is 6.92 Å². The summed E-state index contributed by atoms with van der Waals surface area (Å²) in [4.78, 5) is 0. The zero-order valence-electron chi connectivity index (χ0n) is 6.10. The second kappa shape index (κ2) is 2.30. The van der Waals surface area contributed by atoms with Crippen LogP contribution in [-0.2, 0) is 0 Å². The summed E-state index contributed by atoms with van der Waals surface area (Å²) in [5, 5.41) is 0.527. The van der Waals surface area contributed by atoms with Crippen molar-refractivity contribution >= 4 is 11.0 Å². The molecule has 1 heterocycles. The van der Waals surface area contributed by atoms with Gasteiger partial charge in [-0.25, -0.2) is 8.78 Å². The van der Waals surface area contributed by atoms with Gasteiger partial charge in [-0.05, 0) is 12.1 Å². The van der Waals surface area contributed by atoms with Gasteiger partial charge in [0.05, 0.1) is 0 Å². The second-order valence-corrected chi connectivity index (χ2v) is 2.52. The van der Waals surface area contributed by atoms with Crippen molar-refractivity contribution in [2.45, 2.75) is 0 Å². The summed E-state index contributed by atoms with van der Waals surface area (Å²) in [5.41, 5.74) is 0.318. The van der Waals surface area contributed by atoms with E-state index in [1.807, 2.05) is 0 Å². The molecule has 0 spiro atoms. The molecule has 12 heavy (non-hydrogen) atoms. The van der Waals surface area contributed by atoms with Crippen LogP contribution in [0.5, 0.6) is 0 Å². The lowest BCUT2D eigenvalue weighted by Gasteiger charge is -1.90. The molecule has 0 unspecified atom stereocenters. The summed E-state index contributed by atoms with van der Waals surface area (Å²) in [6.45, 7) is 3.51. The Labute approximate surface area is 67.6 Å². The van der Waals surface area contributed by atoms with Gasteiger partial charge in [0, 0.05) is 18.4 Å². The molecular weight excluding hydrogens is 162 g/mol. The van der Waals surface area contributed by atoms with Crippen LogP contribution in [0.1, 0.15) is 5.76 Å². The number of halogens is 2. The van der Waals surface area contributed by atoms with Crippen molar-refractivity contribution in [3.63, 3.8) is 0 Å². The SMILES string of the molecule is [CH2]c1cc2cc(F)c(F)cc2o1. The molecule has 61 valence electrons. The van der Waals surface area contributed by atoms with Crippen LogP contribution in [-0.4, -0.2) is 0 Å². The van der Waals surface area contributed by atoms with E-state index < -0.39 is 11.6 Å². The minimum absolute atomic E-state index is 0.318. The van der Waals surface area contributed by atoms with Gasteiger partial charge < -0.3 is 4.42 Å². The van der Waals surface area contributed by atoms with Crippen LogP contribution in [0.2, 0.25) is 0 Å². The quantitative estimate of drug-likeness (QED) is 0.588. The van der Waals surface area contributed by atoms with Gasteiger partial charge in [-0.3, -0.25) is 0 Å². The zero-order chi connectivity index (χ0) is 8.72. The Hall–Kier alpha value is -1.38. The second-order valence-electron chi connectivity index (χ2n) is 2.52. The standard InChI is InChI=1S/C9H5F2O/c1-5-2-6-3-7(10)8(11)4-9(6)12-5/h2-4H,1H2. The van der Waals surface area contributed by atoms with Gasteiger partial charge in [-0.1, -0.05) is 0 Å². The molecule has 2 rings (SSSR count). The molecule has 0 saturated carbocycles. The van der Waals surface area contributed by atoms with Crippen LogP contribution in [0.4, 0.5) is 8.78 Å². The maximum absolute atomic E-state index is 12.6. The Morgan fingerprint density at radius 1 is 1.08 bits per heavy atom. The first-order chi connectivity index (χ1) is 5.66. The predicted octanol–water partition coefficient (Wildman–Crippen LogP) is 2.89. The smallest absolute Gasteiger partial charge is 0.162 e. The van der Waals surface area contributed by atoms with Crippen molar-refractivity contribution in [1.29, 1.82) is 0 Å². The molecule has 0 bridgehead atoms. The topological polar surface area (TPSA) is 13.1 Å². The van der Waals surface area contributed by atoms with Crippen LogP contribution in [0.25, 0.3) is 11.0 Å². The minimum Gasteiger partial charge on any atom is -0.461 e. The summed E-state index contributed by atoms with van der Waals surface area (Å²) in [6.07, 6.45) is 0. The molecule has 1 radical (unpaired) electrons. The fourth-order valence-corrected chi connectivity index (χ4v) is 1.09. The van der Waals surface area contributed by atoms with Crippen LogP contribution in [0, 0.1) is 18.6 Å². The molecule has 0 atom stereocenters. The van der Waals surface area contributed by atoms with Gasteiger partial charge in [0.1, 0.15) is 11.3 Å². The molecular formula is C9H5F2O. The lowest BCUT2D eigenvalue weighted by atomic mass is 10.2. The van der Waals surface area contributed by atoms with E-state index in [1.54, 1.807) is 6.07 Å². The lowest BCUT2D eigenvalue weighted by molar-refractivity contribution is 0.506. The van der Waals surface area contributed by atoms with Crippen LogP contribution in [0.15, 0.2) is 22.6 Å². The highest BCUT2D eigenvalue weighted by atomic mass is 19.2. The van der Waals surface area contributed by atoms with E-state index in [-0.39, 0.29) is 0 Å². The lowest BCUT2D eigenvalue weighted by Crippen LogP contribution is -1.80. The number of hydrogen-bond acceptors (Lipinski definition) is 1. The molecule has 0 aliphatic carbocycles. The first-order valence-electron chi connectivity index (χ1n) is 3.37. The number of hydrogen-bond donors (Lipinski definition) is 0. The third-order valence-electron chi connectivity index (χ3n) is 1.61. The predicted molar refractivity (Wildman–Crippen MR) is 40.6 cm³/mol. The molecule has 1 aromatic heterocycles. The average molecular weight is 167 g/mol. The minimum atomic E-state index is -0.906. The molecule has 0 aliphatic rings. The van der Waals surface area contributed by atoms with E-state index in [9.17, 15) is 8.78 Å². The van der Waals surface area contributed by atoms with E-state index in [4.69, 9.17) is 4.42 Å². The van der Waals surface area contributed by atoms with Crippen LogP contribution in [0.3, 0.4) is 0 Å². The van der Waals surface area contributed by atoms with Gasteiger partial charge in [-0.15, -0.1) is 0 Å². The van der Waals surface area contributed by atoms with Crippen molar-refractivity contribution in [1.82, 2.24) is 0 Å². The van der Waals surface area contributed by atoms with E-state index in [1.165, 1.54) is 0 Å². The van der Waals surface area contributed by atoms with Gasteiger partial charge in [0.2, 0.25) is 0 Å². The van der Waals surface area contributed by atoms with E-state index in [0.29, 0.717) is 16.7 Å². The Bertz CT molecular complexity index is 392. The molecule has 3 heteroatoms. The number of rotatable bonds is 0. The van der Waals surface area contributed by atoms with E-state index >= 15 is 0 Å². The van der Waals surface area contributed by atoms with E-state index in [0.717, 1.165) is 12.1 Å². The summed E-state index contributed by atoms with van der Waals surface area (Å²) < 4.78 is 30.2. The van der Waals surface area contributed by atoms with Gasteiger partial charge in [0.25, 0.3) is 0 Å². The first kappa shape index (κ1) is 7.28. The highest BCUT2D eigenvalue weighted by Gasteiger charge is 2.06. The Morgan fingerprint density at radius 3 is 2.50 bits per heavy atom. The highest BCUT2D eigenvalue weighted by molar-refractivity contribution is 5.78. The molecule has 1 aromatic carbocycles. The normalized spacial score (nSPS) is 10.9. The third kappa shape index (κ3) is 0.978. The fraction of sp³-hybridized carbons (Fsp3) is 0. The van der Waals surface area contributed by atoms with Crippen molar-refractivity contribution < 1.29 is 13.2 Å². The van der Waals surface area contributed by atoms with Gasteiger partial charge in [0.15, 0.2) is 11.6 Å². The molecule has 0 saturated heterocycles. The van der Waals surface area contributed by atoms with Gasteiger partial charge in [-0.2, -0.15) is 0 Å². The third-order valence-corrected chi connectivity index (χ3v) is 1.61. The van der Waals surface area contributed by atoms with Crippen LogP contribution >= 0.6 is 0 Å². The number of furan rings is 1. The highest BCUT2D eigenvalue weighted by Crippen LogP contribution is 2.21. The fourth-order valence-electron chi connectivity index (χ4n) is 1.09. The Kier molecular flexibility index (Phi) is 1.40. The molecule has 0 aliphatic heterocycles. The van der Waals surface area contributed by atoms with Crippen molar-refractivity contribution in [3.8, 4) is 0 Å². The largest absolute Gasteiger partial charge is 0.461 e. The maximum atomic E-state index is 12.6. The Morgan fingerprint density at radius 2 is 1.75 bits per heavy atom. The zero-order valence-corrected chi connectivity index (χ0v) is 6.10. The van der Waals surface area contributed by atoms with Crippen molar-refractivity contribution in [2.24, 2.45) is 0 Å². The summed E-state index contributed by atoms with van der Waals surface area (Å²) in [6, 6.07) is 3.65. The molecule has 0 fully saturated rings. The van der Waals surface area contributed by atoms with Gasteiger partial charge >= 0.3 is 0 Å². The molecule has 2 aromatic rings. The average Bonchev–Trinajstić information content (AvgIpc) is 2.30. The summed E-state index contributed by atoms with van der Waals surface area (Å²) in [7, 11) is 0. The first-order valence-corrected chi connectivity index (χ1v) is 3.37. The monoisotopic (exact) mass is 167 g/mol. The molecule has 0 N–H and O–H groups in total. The van der Waals surface area contributed by atoms with Crippen LogP contribution < -0.4 is 0 Å². The Balaban J connectivity index is 2.83. The molecule has 1 nitrogen and oxygen atoms in total. The summed E-state index contributed by atoms with van der Waals surface area (Å²) >= 11 is 0. The summed E-state index contributed by atoms with van der Waals surface area (Å²) in [5.74, 6) is -1.38. The molecule has 0 amide bonds.